The van der Waals surface area contributed by atoms with Crippen LogP contribution in [0.2, 0.25) is 0 Å². The van der Waals surface area contributed by atoms with Gasteiger partial charge in [0.1, 0.15) is 11.7 Å². The second-order valence-corrected chi connectivity index (χ2v) is 6.91. The van der Waals surface area contributed by atoms with Gasteiger partial charge in [-0.3, -0.25) is 0 Å². The molecule has 158 valence electrons. The molecule has 2 N–H and O–H groups in total. The second-order valence-electron chi connectivity index (χ2n) is 6.64. The standard InChI is InChI=1S/C19H29ClN2O6/c1-19(2,13-15-3-5-16(14-20)6-4-15)28-18(25)22-8-10-27-12-11-26-9-7-21-17(23)24/h3-6,21H,7-14H2,1-2H3,(H,22,25)(H,23,24)/p-1. The van der Waals surface area contributed by atoms with Crippen molar-refractivity contribution in [3.8, 4) is 0 Å². The predicted octanol–water partition coefficient (Wildman–Crippen LogP) is 1.44. The van der Waals surface area contributed by atoms with Crippen molar-refractivity contribution in [3.63, 3.8) is 0 Å². The number of carbonyl (C=O) groups is 2. The van der Waals surface area contributed by atoms with Gasteiger partial charge in [0, 0.05) is 25.4 Å². The summed E-state index contributed by atoms with van der Waals surface area (Å²) in [4.78, 5) is 22.0. The average Bonchev–Trinajstić information content (AvgIpc) is 2.62. The third-order valence-corrected chi connectivity index (χ3v) is 3.89. The van der Waals surface area contributed by atoms with Crippen molar-refractivity contribution in [1.29, 1.82) is 0 Å². The Kier molecular flexibility index (Phi) is 11.3. The molecular weight excluding hydrogens is 388 g/mol. The van der Waals surface area contributed by atoms with Gasteiger partial charge >= 0.3 is 6.09 Å². The monoisotopic (exact) mass is 415 g/mol. The summed E-state index contributed by atoms with van der Waals surface area (Å²) in [7, 11) is 0. The van der Waals surface area contributed by atoms with Crippen LogP contribution < -0.4 is 15.7 Å². The van der Waals surface area contributed by atoms with E-state index < -0.39 is 17.8 Å². The van der Waals surface area contributed by atoms with Crippen LogP contribution in [0.15, 0.2) is 24.3 Å². The lowest BCUT2D eigenvalue weighted by Crippen LogP contribution is -2.38. The van der Waals surface area contributed by atoms with Gasteiger partial charge in [-0.25, -0.2) is 4.79 Å². The Bertz CT molecular complexity index is 595. The van der Waals surface area contributed by atoms with Crippen molar-refractivity contribution in [3.05, 3.63) is 35.4 Å². The molecule has 0 heterocycles. The molecule has 0 bridgehead atoms. The summed E-state index contributed by atoms with van der Waals surface area (Å²) in [5.41, 5.74) is 1.45. The van der Waals surface area contributed by atoms with Crippen molar-refractivity contribution in [2.24, 2.45) is 0 Å². The summed E-state index contributed by atoms with van der Waals surface area (Å²) in [6.45, 7) is 5.41. The third-order valence-electron chi connectivity index (χ3n) is 3.58. The van der Waals surface area contributed by atoms with Crippen LogP contribution in [0.4, 0.5) is 9.59 Å². The minimum absolute atomic E-state index is 0.169. The Morgan fingerprint density at radius 1 is 0.964 bits per heavy atom. The first kappa shape index (κ1) is 24.0. The topological polar surface area (TPSA) is 109 Å². The summed E-state index contributed by atoms with van der Waals surface area (Å²) in [5, 5.41) is 14.8. The summed E-state index contributed by atoms with van der Waals surface area (Å²) >= 11 is 5.78. The summed E-state index contributed by atoms with van der Waals surface area (Å²) in [5.74, 6) is 0.469. The fourth-order valence-corrected chi connectivity index (χ4v) is 2.51. The lowest BCUT2D eigenvalue weighted by atomic mass is 9.98. The molecule has 1 rings (SSSR count). The molecule has 0 aliphatic rings. The second kappa shape index (κ2) is 13.2. The normalized spacial score (nSPS) is 11.1. The van der Waals surface area contributed by atoms with E-state index in [-0.39, 0.29) is 13.2 Å². The molecule has 0 fully saturated rings. The largest absolute Gasteiger partial charge is 0.530 e. The van der Waals surface area contributed by atoms with Crippen LogP contribution in [-0.4, -0.2) is 57.3 Å². The third kappa shape index (κ3) is 11.6. The van der Waals surface area contributed by atoms with E-state index in [0.717, 1.165) is 11.1 Å². The van der Waals surface area contributed by atoms with Gasteiger partial charge in [-0.1, -0.05) is 24.3 Å². The smallest absolute Gasteiger partial charge is 0.407 e. The van der Waals surface area contributed by atoms with E-state index in [4.69, 9.17) is 25.8 Å². The summed E-state index contributed by atoms with van der Waals surface area (Å²) in [6.07, 6.45) is -1.25. The predicted molar refractivity (Wildman–Crippen MR) is 103 cm³/mol. The van der Waals surface area contributed by atoms with Crippen molar-refractivity contribution in [1.82, 2.24) is 10.6 Å². The molecule has 0 radical (unpaired) electrons. The van der Waals surface area contributed by atoms with Crippen LogP contribution in [0.25, 0.3) is 0 Å². The molecular formula is C19H28ClN2O6-. The van der Waals surface area contributed by atoms with Crippen molar-refractivity contribution in [2.45, 2.75) is 31.7 Å². The number of amides is 2. The van der Waals surface area contributed by atoms with E-state index in [2.05, 4.69) is 10.6 Å². The van der Waals surface area contributed by atoms with Gasteiger partial charge in [-0.15, -0.1) is 11.6 Å². The van der Waals surface area contributed by atoms with E-state index in [9.17, 15) is 14.7 Å². The molecule has 0 saturated heterocycles. The number of hydrogen-bond acceptors (Lipinski definition) is 6. The number of carboxylic acid groups (broad SMARTS) is 1. The van der Waals surface area contributed by atoms with Gasteiger partial charge in [-0.2, -0.15) is 0 Å². The van der Waals surface area contributed by atoms with Crippen LogP contribution in [-0.2, 0) is 26.5 Å². The van der Waals surface area contributed by atoms with E-state index in [1.807, 2.05) is 38.1 Å². The fourth-order valence-electron chi connectivity index (χ4n) is 2.33. The first-order chi connectivity index (χ1) is 13.3. The molecule has 0 aliphatic heterocycles. The quantitative estimate of drug-likeness (QED) is 0.372. The zero-order valence-corrected chi connectivity index (χ0v) is 17.0. The highest BCUT2D eigenvalue weighted by molar-refractivity contribution is 6.17. The number of rotatable bonds is 13. The van der Waals surface area contributed by atoms with Crippen molar-refractivity contribution < 1.29 is 28.9 Å². The molecule has 9 heteroatoms. The van der Waals surface area contributed by atoms with E-state index in [0.29, 0.717) is 38.7 Å². The SMILES string of the molecule is CC(C)(Cc1ccc(CCl)cc1)OC(=O)NCCOCCOCCNC(=O)[O-]. The molecule has 0 saturated carbocycles. The maximum atomic E-state index is 11.9. The highest BCUT2D eigenvalue weighted by atomic mass is 35.5. The maximum Gasteiger partial charge on any atom is 0.407 e. The first-order valence-corrected chi connectivity index (χ1v) is 9.57. The minimum atomic E-state index is -1.33. The molecule has 1 aromatic carbocycles. The van der Waals surface area contributed by atoms with E-state index in [1.54, 1.807) is 0 Å². The molecule has 28 heavy (non-hydrogen) atoms. The fraction of sp³-hybridized carbons (Fsp3) is 0.579. The lowest BCUT2D eigenvalue weighted by Gasteiger charge is -2.25. The number of halogens is 1. The molecule has 0 aromatic heterocycles. The van der Waals surface area contributed by atoms with Crippen LogP contribution in [0.1, 0.15) is 25.0 Å². The van der Waals surface area contributed by atoms with Crippen LogP contribution in [0.5, 0.6) is 0 Å². The maximum absolute atomic E-state index is 11.9. The van der Waals surface area contributed by atoms with E-state index in [1.165, 1.54) is 0 Å². The Morgan fingerprint density at radius 2 is 1.50 bits per heavy atom. The number of alkyl halides is 1. The van der Waals surface area contributed by atoms with Crippen LogP contribution in [0.3, 0.4) is 0 Å². The van der Waals surface area contributed by atoms with Crippen LogP contribution >= 0.6 is 11.6 Å². The molecule has 0 atom stereocenters. The molecule has 2 amide bonds. The Labute approximate surface area is 170 Å². The Hall–Kier alpha value is -2.03. The van der Waals surface area contributed by atoms with Crippen molar-refractivity contribution >= 4 is 23.8 Å². The molecule has 0 unspecified atom stereocenters. The van der Waals surface area contributed by atoms with Gasteiger partial charge in [0.05, 0.1) is 26.4 Å². The van der Waals surface area contributed by atoms with Gasteiger partial charge < -0.3 is 34.7 Å². The average molecular weight is 416 g/mol. The highest BCUT2D eigenvalue weighted by Crippen LogP contribution is 2.18. The lowest BCUT2D eigenvalue weighted by molar-refractivity contribution is -0.250. The Morgan fingerprint density at radius 3 is 2.04 bits per heavy atom. The van der Waals surface area contributed by atoms with Gasteiger partial charge in [0.25, 0.3) is 0 Å². The molecule has 1 aromatic rings. The molecule has 8 nitrogen and oxygen atoms in total. The number of ether oxygens (including phenoxy) is 3. The van der Waals surface area contributed by atoms with Gasteiger partial charge in [0.2, 0.25) is 0 Å². The molecule has 0 aliphatic carbocycles. The number of benzene rings is 1. The minimum Gasteiger partial charge on any atom is -0.530 e. The van der Waals surface area contributed by atoms with Crippen LogP contribution in [0, 0.1) is 0 Å². The first-order valence-electron chi connectivity index (χ1n) is 9.03. The number of hydrogen-bond donors (Lipinski definition) is 2. The zero-order chi connectivity index (χ0) is 20.8. The summed E-state index contributed by atoms with van der Waals surface area (Å²) in [6, 6.07) is 7.87. The molecule has 0 spiro atoms. The van der Waals surface area contributed by atoms with E-state index >= 15 is 0 Å². The van der Waals surface area contributed by atoms with Gasteiger partial charge in [0.15, 0.2) is 0 Å². The number of alkyl carbamates (subject to hydrolysis) is 1. The van der Waals surface area contributed by atoms with Gasteiger partial charge in [-0.05, 0) is 25.0 Å². The number of carbonyl (C=O) groups excluding carboxylic acids is 2. The van der Waals surface area contributed by atoms with Crippen molar-refractivity contribution in [2.75, 3.05) is 39.5 Å². The summed E-state index contributed by atoms with van der Waals surface area (Å²) < 4.78 is 15.9. The zero-order valence-electron chi connectivity index (χ0n) is 16.3. The number of nitrogens with one attached hydrogen (secondary N) is 2. The Balaban J connectivity index is 2.10. The highest BCUT2D eigenvalue weighted by Gasteiger charge is 2.23.